The lowest BCUT2D eigenvalue weighted by Crippen LogP contribution is -2.26. The zero-order valence-electron chi connectivity index (χ0n) is 15.6. The van der Waals surface area contributed by atoms with Gasteiger partial charge < -0.3 is 15.0 Å². The van der Waals surface area contributed by atoms with Gasteiger partial charge in [-0.05, 0) is 51.0 Å². The van der Waals surface area contributed by atoms with Crippen molar-refractivity contribution in [3.05, 3.63) is 29.8 Å². The van der Waals surface area contributed by atoms with E-state index in [9.17, 15) is 4.79 Å². The van der Waals surface area contributed by atoms with Crippen LogP contribution >= 0.6 is 0 Å². The van der Waals surface area contributed by atoms with Gasteiger partial charge in [-0.25, -0.2) is 0 Å². The van der Waals surface area contributed by atoms with Crippen LogP contribution < -0.4 is 10.1 Å². The molecular weight excluding hydrogens is 300 g/mol. The van der Waals surface area contributed by atoms with Crippen LogP contribution in [0.3, 0.4) is 0 Å². The summed E-state index contributed by atoms with van der Waals surface area (Å²) in [7, 11) is 0. The van der Waals surface area contributed by atoms with Gasteiger partial charge in [0.25, 0.3) is 5.91 Å². The molecule has 0 aliphatic rings. The summed E-state index contributed by atoms with van der Waals surface area (Å²) in [4.78, 5) is 14.8. The molecule has 0 aromatic heterocycles. The molecule has 0 bridgehead atoms. The molecule has 1 rings (SSSR count). The Bertz CT molecular complexity index is 459. The zero-order chi connectivity index (χ0) is 17.6. The number of unbranched alkanes of at least 4 members (excludes halogenated alkanes) is 3. The third kappa shape index (κ3) is 7.82. The number of hydrogen-bond donors (Lipinski definition) is 1. The Balaban J connectivity index is 2.30. The molecule has 1 amide bonds. The predicted octanol–water partition coefficient (Wildman–Crippen LogP) is 4.11. The number of benzene rings is 1. The van der Waals surface area contributed by atoms with Gasteiger partial charge >= 0.3 is 0 Å². The zero-order valence-corrected chi connectivity index (χ0v) is 15.6. The van der Waals surface area contributed by atoms with Gasteiger partial charge in [0.05, 0.1) is 12.2 Å². The van der Waals surface area contributed by atoms with Crippen molar-refractivity contribution in [2.75, 3.05) is 32.8 Å². The van der Waals surface area contributed by atoms with Crippen molar-refractivity contribution in [1.82, 2.24) is 10.2 Å². The first kappa shape index (κ1) is 20.5. The Morgan fingerprint density at radius 1 is 1.04 bits per heavy atom. The number of hydrogen-bond acceptors (Lipinski definition) is 3. The molecule has 0 radical (unpaired) electrons. The highest BCUT2D eigenvalue weighted by Crippen LogP contribution is 2.18. The van der Waals surface area contributed by atoms with Crippen molar-refractivity contribution in [2.45, 2.75) is 52.9 Å². The molecule has 1 aromatic rings. The van der Waals surface area contributed by atoms with Crippen molar-refractivity contribution in [1.29, 1.82) is 0 Å². The number of para-hydroxylation sites is 1. The van der Waals surface area contributed by atoms with E-state index in [-0.39, 0.29) is 5.91 Å². The Morgan fingerprint density at radius 2 is 1.79 bits per heavy atom. The minimum absolute atomic E-state index is 0.0363. The highest BCUT2D eigenvalue weighted by molar-refractivity contribution is 5.96. The fourth-order valence-electron chi connectivity index (χ4n) is 2.58. The average Bonchev–Trinajstić information content (AvgIpc) is 2.61. The lowest BCUT2D eigenvalue weighted by atomic mass is 10.1. The van der Waals surface area contributed by atoms with Crippen LogP contribution in [-0.4, -0.2) is 43.6 Å². The summed E-state index contributed by atoms with van der Waals surface area (Å²) in [6.07, 6.45) is 5.44. The SMILES string of the molecule is CCCCOc1ccccc1C(=O)NCCCCCN(CC)CC. The summed E-state index contributed by atoms with van der Waals surface area (Å²) in [6.45, 7) is 11.3. The quantitative estimate of drug-likeness (QED) is 0.552. The first-order valence-corrected chi connectivity index (χ1v) is 9.45. The van der Waals surface area contributed by atoms with Crippen LogP contribution in [0, 0.1) is 0 Å². The number of amides is 1. The molecule has 24 heavy (non-hydrogen) atoms. The number of rotatable bonds is 13. The Kier molecular flexibility index (Phi) is 10.9. The molecule has 0 saturated heterocycles. The van der Waals surface area contributed by atoms with E-state index in [1.54, 1.807) is 0 Å². The summed E-state index contributed by atoms with van der Waals surface area (Å²) in [5.74, 6) is 0.649. The van der Waals surface area contributed by atoms with E-state index in [0.29, 0.717) is 17.9 Å². The lowest BCUT2D eigenvalue weighted by molar-refractivity contribution is 0.0948. The summed E-state index contributed by atoms with van der Waals surface area (Å²) < 4.78 is 5.73. The topological polar surface area (TPSA) is 41.6 Å². The third-order valence-electron chi connectivity index (χ3n) is 4.22. The minimum Gasteiger partial charge on any atom is -0.493 e. The molecule has 1 N–H and O–H groups in total. The second-order valence-electron chi connectivity index (χ2n) is 6.04. The highest BCUT2D eigenvalue weighted by atomic mass is 16.5. The summed E-state index contributed by atoms with van der Waals surface area (Å²) in [5.41, 5.74) is 0.636. The summed E-state index contributed by atoms with van der Waals surface area (Å²) in [5, 5.41) is 3.01. The smallest absolute Gasteiger partial charge is 0.255 e. The number of nitrogens with zero attached hydrogens (tertiary/aromatic N) is 1. The standard InChI is InChI=1S/C20H34N2O2/c1-4-7-17-24-19-14-10-9-13-18(19)20(23)21-15-11-8-12-16-22(5-2)6-3/h9-10,13-14H,4-8,11-12,15-17H2,1-3H3,(H,21,23). The molecule has 0 saturated carbocycles. The van der Waals surface area contributed by atoms with Crippen LogP contribution in [0.1, 0.15) is 63.2 Å². The van der Waals surface area contributed by atoms with E-state index >= 15 is 0 Å². The second kappa shape index (κ2) is 12.8. The number of ether oxygens (including phenoxy) is 1. The first-order chi connectivity index (χ1) is 11.7. The maximum Gasteiger partial charge on any atom is 0.255 e. The molecule has 0 unspecified atom stereocenters. The molecular formula is C20H34N2O2. The minimum atomic E-state index is -0.0363. The molecule has 0 heterocycles. The molecule has 136 valence electrons. The highest BCUT2D eigenvalue weighted by Gasteiger charge is 2.11. The molecule has 4 heteroatoms. The largest absolute Gasteiger partial charge is 0.493 e. The van der Waals surface area contributed by atoms with Crippen molar-refractivity contribution < 1.29 is 9.53 Å². The maximum atomic E-state index is 12.3. The van der Waals surface area contributed by atoms with Crippen LogP contribution in [0.5, 0.6) is 5.75 Å². The fraction of sp³-hybridized carbons (Fsp3) is 0.650. The van der Waals surface area contributed by atoms with Gasteiger partial charge in [0.1, 0.15) is 5.75 Å². The van der Waals surface area contributed by atoms with E-state index in [0.717, 1.165) is 51.9 Å². The van der Waals surface area contributed by atoms with Crippen LogP contribution in [0.25, 0.3) is 0 Å². The summed E-state index contributed by atoms with van der Waals surface area (Å²) in [6, 6.07) is 7.49. The van der Waals surface area contributed by atoms with Gasteiger partial charge in [-0.15, -0.1) is 0 Å². The van der Waals surface area contributed by atoms with Crippen molar-refractivity contribution in [3.8, 4) is 5.75 Å². The van der Waals surface area contributed by atoms with Crippen molar-refractivity contribution in [3.63, 3.8) is 0 Å². The number of carbonyl (C=O) groups is 1. The molecule has 4 nitrogen and oxygen atoms in total. The predicted molar refractivity (Wildman–Crippen MR) is 101 cm³/mol. The van der Waals surface area contributed by atoms with Crippen LogP contribution in [0.2, 0.25) is 0 Å². The van der Waals surface area contributed by atoms with Crippen LogP contribution in [0.4, 0.5) is 0 Å². The van der Waals surface area contributed by atoms with Gasteiger partial charge in [0.2, 0.25) is 0 Å². The molecule has 0 aliphatic heterocycles. The second-order valence-corrected chi connectivity index (χ2v) is 6.04. The molecule has 0 fully saturated rings. The van der Waals surface area contributed by atoms with E-state index in [4.69, 9.17) is 4.74 Å². The molecule has 0 spiro atoms. The first-order valence-electron chi connectivity index (χ1n) is 9.45. The van der Waals surface area contributed by atoms with E-state index in [1.165, 1.54) is 6.42 Å². The van der Waals surface area contributed by atoms with Gasteiger partial charge in [-0.3, -0.25) is 4.79 Å². The Morgan fingerprint density at radius 3 is 2.50 bits per heavy atom. The lowest BCUT2D eigenvalue weighted by Gasteiger charge is -2.17. The number of nitrogens with one attached hydrogen (secondary N) is 1. The van der Waals surface area contributed by atoms with E-state index in [2.05, 4.69) is 31.0 Å². The van der Waals surface area contributed by atoms with Gasteiger partial charge in [0, 0.05) is 6.54 Å². The van der Waals surface area contributed by atoms with Gasteiger partial charge in [-0.2, -0.15) is 0 Å². The fourth-order valence-corrected chi connectivity index (χ4v) is 2.58. The van der Waals surface area contributed by atoms with Gasteiger partial charge in [-0.1, -0.05) is 45.7 Å². The summed E-state index contributed by atoms with van der Waals surface area (Å²) >= 11 is 0. The maximum absolute atomic E-state index is 12.3. The normalized spacial score (nSPS) is 10.8. The molecule has 1 aromatic carbocycles. The third-order valence-corrected chi connectivity index (χ3v) is 4.22. The average molecular weight is 335 g/mol. The van der Waals surface area contributed by atoms with Crippen LogP contribution in [-0.2, 0) is 0 Å². The van der Waals surface area contributed by atoms with E-state index < -0.39 is 0 Å². The molecule has 0 aliphatic carbocycles. The monoisotopic (exact) mass is 334 g/mol. The Labute approximate surface area is 147 Å². The van der Waals surface area contributed by atoms with Crippen molar-refractivity contribution in [2.24, 2.45) is 0 Å². The van der Waals surface area contributed by atoms with Gasteiger partial charge in [0.15, 0.2) is 0 Å². The molecule has 0 atom stereocenters. The Hall–Kier alpha value is -1.55. The van der Waals surface area contributed by atoms with Crippen LogP contribution in [0.15, 0.2) is 24.3 Å². The van der Waals surface area contributed by atoms with E-state index in [1.807, 2.05) is 24.3 Å². The number of carbonyl (C=O) groups excluding carboxylic acids is 1. The van der Waals surface area contributed by atoms with Crippen molar-refractivity contribution >= 4 is 5.91 Å².